The van der Waals surface area contributed by atoms with E-state index in [9.17, 15) is 4.79 Å². The maximum atomic E-state index is 12.4. The summed E-state index contributed by atoms with van der Waals surface area (Å²) in [4.78, 5) is 17.1. The molecule has 1 saturated heterocycles. The molecule has 0 aromatic heterocycles. The van der Waals surface area contributed by atoms with Crippen LogP contribution in [0.2, 0.25) is 0 Å². The molecule has 28 heavy (non-hydrogen) atoms. The largest absolute Gasteiger partial charge is 0.496 e. The maximum Gasteiger partial charge on any atom is 0.238 e. The molecule has 1 aliphatic rings. The lowest BCUT2D eigenvalue weighted by Crippen LogP contribution is -2.48. The van der Waals surface area contributed by atoms with Gasteiger partial charge in [-0.25, -0.2) is 0 Å². The van der Waals surface area contributed by atoms with Crippen LogP contribution in [0.1, 0.15) is 22.3 Å². The van der Waals surface area contributed by atoms with Gasteiger partial charge in [-0.15, -0.1) is 0 Å². The number of amides is 1. The number of hydrogen-bond acceptors (Lipinski definition) is 4. The number of nitrogens with one attached hydrogen (secondary N) is 1. The lowest BCUT2D eigenvalue weighted by Gasteiger charge is -2.34. The van der Waals surface area contributed by atoms with Crippen molar-refractivity contribution >= 4 is 11.6 Å². The van der Waals surface area contributed by atoms with Crippen LogP contribution in [0, 0.1) is 20.8 Å². The molecule has 1 heterocycles. The fraction of sp³-hybridized carbons (Fsp3) is 0.435. The molecule has 2 aromatic rings. The number of anilines is 1. The Morgan fingerprint density at radius 2 is 1.61 bits per heavy atom. The zero-order valence-electron chi connectivity index (χ0n) is 17.4. The second-order valence-corrected chi connectivity index (χ2v) is 7.73. The summed E-state index contributed by atoms with van der Waals surface area (Å²) in [6.07, 6.45) is 0. The van der Waals surface area contributed by atoms with Gasteiger partial charge in [0.05, 0.1) is 13.7 Å². The van der Waals surface area contributed by atoms with Gasteiger partial charge in [0.25, 0.3) is 0 Å². The maximum absolute atomic E-state index is 12.4. The predicted octanol–water partition coefficient (Wildman–Crippen LogP) is 3.38. The average molecular weight is 382 g/mol. The molecule has 150 valence electrons. The highest BCUT2D eigenvalue weighted by Gasteiger charge is 2.20. The number of carbonyl (C=O) groups excluding carboxylic acids is 1. The van der Waals surface area contributed by atoms with Crippen LogP contribution >= 0.6 is 0 Å². The van der Waals surface area contributed by atoms with Crippen molar-refractivity contribution in [3.8, 4) is 5.75 Å². The molecule has 0 spiro atoms. The molecule has 0 atom stereocenters. The third-order valence-electron chi connectivity index (χ3n) is 5.32. The second kappa shape index (κ2) is 9.22. The van der Waals surface area contributed by atoms with Gasteiger partial charge in [-0.05, 0) is 38.5 Å². The molecular formula is C23H31N3O2. The zero-order valence-corrected chi connectivity index (χ0v) is 17.4. The molecule has 1 aliphatic heterocycles. The number of hydrogen-bond donors (Lipinski definition) is 1. The van der Waals surface area contributed by atoms with Crippen molar-refractivity contribution in [2.75, 3.05) is 45.2 Å². The number of benzene rings is 2. The number of ether oxygens (including phenoxy) is 1. The normalized spacial score (nSPS) is 15.4. The van der Waals surface area contributed by atoms with Crippen LogP contribution in [-0.4, -0.2) is 55.5 Å². The highest BCUT2D eigenvalue weighted by molar-refractivity contribution is 5.93. The zero-order chi connectivity index (χ0) is 20.1. The van der Waals surface area contributed by atoms with Crippen molar-refractivity contribution in [3.63, 3.8) is 0 Å². The van der Waals surface area contributed by atoms with Crippen molar-refractivity contribution in [2.45, 2.75) is 27.3 Å². The van der Waals surface area contributed by atoms with Gasteiger partial charge in [-0.2, -0.15) is 0 Å². The molecule has 0 unspecified atom stereocenters. The van der Waals surface area contributed by atoms with E-state index in [0.717, 1.165) is 49.7 Å². The Morgan fingerprint density at radius 3 is 2.29 bits per heavy atom. The van der Waals surface area contributed by atoms with E-state index in [4.69, 9.17) is 4.74 Å². The number of piperazine rings is 1. The lowest BCUT2D eigenvalue weighted by atomic mass is 10.1. The fourth-order valence-electron chi connectivity index (χ4n) is 3.72. The van der Waals surface area contributed by atoms with Crippen molar-refractivity contribution in [1.29, 1.82) is 0 Å². The summed E-state index contributed by atoms with van der Waals surface area (Å²) in [5, 5.41) is 3.05. The second-order valence-electron chi connectivity index (χ2n) is 7.73. The molecule has 1 amide bonds. The Balaban J connectivity index is 1.49. The summed E-state index contributed by atoms with van der Waals surface area (Å²) in [5.41, 5.74) is 5.68. The van der Waals surface area contributed by atoms with Crippen LogP contribution in [-0.2, 0) is 11.3 Å². The van der Waals surface area contributed by atoms with E-state index in [1.807, 2.05) is 25.1 Å². The van der Waals surface area contributed by atoms with Crippen LogP contribution in [0.15, 0.2) is 36.4 Å². The molecular weight excluding hydrogens is 350 g/mol. The van der Waals surface area contributed by atoms with Gasteiger partial charge in [0, 0.05) is 44.0 Å². The fourth-order valence-corrected chi connectivity index (χ4v) is 3.72. The smallest absolute Gasteiger partial charge is 0.238 e. The minimum Gasteiger partial charge on any atom is -0.496 e. The Bertz CT molecular complexity index is 827. The van der Waals surface area contributed by atoms with E-state index in [2.05, 4.69) is 47.2 Å². The number of carbonyl (C=O) groups is 1. The van der Waals surface area contributed by atoms with Crippen LogP contribution < -0.4 is 10.1 Å². The van der Waals surface area contributed by atoms with E-state index in [0.29, 0.717) is 6.54 Å². The molecule has 0 radical (unpaired) electrons. The van der Waals surface area contributed by atoms with Crippen LogP contribution in [0.3, 0.4) is 0 Å². The molecule has 1 N–H and O–H groups in total. The minimum absolute atomic E-state index is 0.0563. The van der Waals surface area contributed by atoms with Gasteiger partial charge in [0.15, 0.2) is 0 Å². The number of rotatable bonds is 6. The molecule has 1 fully saturated rings. The third-order valence-corrected chi connectivity index (χ3v) is 5.32. The highest BCUT2D eigenvalue weighted by atomic mass is 16.5. The first-order valence-corrected chi connectivity index (χ1v) is 9.90. The van der Waals surface area contributed by atoms with E-state index in [1.165, 1.54) is 16.7 Å². The summed E-state index contributed by atoms with van der Waals surface area (Å²) in [5.74, 6) is 1.00. The standard InChI is InChI=1S/C23H31N3O2/c1-17-5-7-21(19(3)13-17)24-23(27)16-26-11-9-25(10-12-26)15-20-14-18(2)6-8-22(20)28-4/h5-8,13-14H,9-12,15-16H2,1-4H3,(H,24,27). The SMILES string of the molecule is COc1ccc(C)cc1CN1CCN(CC(=O)Nc2ccc(C)cc2C)CC1. The van der Waals surface area contributed by atoms with Crippen molar-refractivity contribution in [3.05, 3.63) is 58.7 Å². The third kappa shape index (κ3) is 5.33. The van der Waals surface area contributed by atoms with Gasteiger partial charge in [-0.1, -0.05) is 35.4 Å². The number of nitrogens with zero attached hydrogens (tertiary/aromatic N) is 2. The average Bonchev–Trinajstić information content (AvgIpc) is 2.66. The van der Waals surface area contributed by atoms with E-state index in [1.54, 1.807) is 7.11 Å². The van der Waals surface area contributed by atoms with E-state index < -0.39 is 0 Å². The summed E-state index contributed by atoms with van der Waals surface area (Å²) in [6.45, 7) is 11.2. The monoisotopic (exact) mass is 381 g/mol. The van der Waals surface area contributed by atoms with Gasteiger partial charge < -0.3 is 10.1 Å². The Morgan fingerprint density at radius 1 is 0.964 bits per heavy atom. The minimum atomic E-state index is 0.0563. The van der Waals surface area contributed by atoms with E-state index in [-0.39, 0.29) is 5.91 Å². The molecule has 2 aromatic carbocycles. The topological polar surface area (TPSA) is 44.8 Å². The highest BCUT2D eigenvalue weighted by Crippen LogP contribution is 2.22. The Hall–Kier alpha value is -2.37. The predicted molar refractivity (Wildman–Crippen MR) is 114 cm³/mol. The molecule has 0 saturated carbocycles. The summed E-state index contributed by atoms with van der Waals surface area (Å²) < 4.78 is 5.50. The van der Waals surface area contributed by atoms with E-state index >= 15 is 0 Å². The molecule has 0 aliphatic carbocycles. The van der Waals surface area contributed by atoms with Crippen LogP contribution in [0.25, 0.3) is 0 Å². The summed E-state index contributed by atoms with van der Waals surface area (Å²) >= 11 is 0. The lowest BCUT2D eigenvalue weighted by molar-refractivity contribution is -0.117. The Labute approximate surface area is 168 Å². The van der Waals surface area contributed by atoms with Gasteiger partial charge in [0.1, 0.15) is 5.75 Å². The van der Waals surface area contributed by atoms with Gasteiger partial charge >= 0.3 is 0 Å². The number of aryl methyl sites for hydroxylation is 3. The summed E-state index contributed by atoms with van der Waals surface area (Å²) in [7, 11) is 1.72. The molecule has 3 rings (SSSR count). The van der Waals surface area contributed by atoms with Gasteiger partial charge in [0.2, 0.25) is 5.91 Å². The van der Waals surface area contributed by atoms with Crippen molar-refractivity contribution in [2.24, 2.45) is 0 Å². The van der Waals surface area contributed by atoms with Crippen molar-refractivity contribution in [1.82, 2.24) is 9.80 Å². The quantitative estimate of drug-likeness (QED) is 0.833. The van der Waals surface area contributed by atoms with Gasteiger partial charge in [-0.3, -0.25) is 14.6 Å². The Kier molecular flexibility index (Phi) is 6.70. The molecule has 5 heteroatoms. The first-order valence-electron chi connectivity index (χ1n) is 9.90. The number of methoxy groups -OCH3 is 1. The molecule has 0 bridgehead atoms. The molecule has 5 nitrogen and oxygen atoms in total. The van der Waals surface area contributed by atoms with Crippen molar-refractivity contribution < 1.29 is 9.53 Å². The van der Waals surface area contributed by atoms with Crippen LogP contribution in [0.4, 0.5) is 5.69 Å². The first-order chi connectivity index (χ1) is 13.4. The van der Waals surface area contributed by atoms with Crippen LogP contribution in [0.5, 0.6) is 5.75 Å². The summed E-state index contributed by atoms with van der Waals surface area (Å²) in [6, 6.07) is 12.4. The first kappa shape index (κ1) is 20.4.